The van der Waals surface area contributed by atoms with E-state index in [0.29, 0.717) is 17.9 Å². The van der Waals surface area contributed by atoms with Gasteiger partial charge in [-0.2, -0.15) is 0 Å². The van der Waals surface area contributed by atoms with E-state index in [1.807, 2.05) is 32.1 Å². The summed E-state index contributed by atoms with van der Waals surface area (Å²) in [6, 6.07) is 3.38. The average Bonchev–Trinajstić information content (AvgIpc) is 2.56. The molecule has 0 aliphatic rings. The lowest BCUT2D eigenvalue weighted by atomic mass is 10.00. The van der Waals surface area contributed by atoms with E-state index in [9.17, 15) is 8.78 Å². The van der Waals surface area contributed by atoms with Crippen LogP contribution in [0.1, 0.15) is 25.8 Å². The number of guanidine groups is 1. The van der Waals surface area contributed by atoms with Crippen LogP contribution in [0, 0.1) is 11.6 Å². The molecular formula is C21H27F2N3. The molecule has 26 heavy (non-hydrogen) atoms. The van der Waals surface area contributed by atoms with E-state index in [2.05, 4.69) is 28.8 Å². The number of allylic oxidation sites excluding steroid dienone is 4. The first-order valence-corrected chi connectivity index (χ1v) is 8.41. The van der Waals surface area contributed by atoms with Gasteiger partial charge in [0, 0.05) is 19.7 Å². The second kappa shape index (κ2) is 11.0. The molecular weight excluding hydrogens is 332 g/mol. The van der Waals surface area contributed by atoms with Crippen LogP contribution < -0.4 is 10.6 Å². The fourth-order valence-corrected chi connectivity index (χ4v) is 2.40. The van der Waals surface area contributed by atoms with E-state index in [1.54, 1.807) is 13.1 Å². The Morgan fingerprint density at radius 3 is 2.42 bits per heavy atom. The van der Waals surface area contributed by atoms with Crippen molar-refractivity contribution in [2.75, 3.05) is 7.05 Å². The van der Waals surface area contributed by atoms with Gasteiger partial charge in [0.2, 0.25) is 0 Å². The summed E-state index contributed by atoms with van der Waals surface area (Å²) in [5.74, 6) is -0.675. The molecule has 1 atom stereocenters. The Kier molecular flexibility index (Phi) is 9.06. The highest BCUT2D eigenvalue weighted by molar-refractivity contribution is 5.80. The number of nitrogens with zero attached hydrogens (tertiary/aromatic N) is 1. The maximum atomic E-state index is 13.3. The molecule has 0 aliphatic heterocycles. The van der Waals surface area contributed by atoms with Crippen LogP contribution in [0.25, 0.3) is 0 Å². The van der Waals surface area contributed by atoms with Crippen LogP contribution in [0.3, 0.4) is 0 Å². The molecule has 3 nitrogen and oxygen atoms in total. The second-order valence-corrected chi connectivity index (χ2v) is 5.93. The number of nitrogens with one attached hydrogen (secondary N) is 2. The number of benzene rings is 1. The molecule has 0 fully saturated rings. The highest BCUT2D eigenvalue weighted by Crippen LogP contribution is 2.13. The van der Waals surface area contributed by atoms with Crippen LogP contribution in [-0.2, 0) is 6.54 Å². The Balaban J connectivity index is 2.80. The van der Waals surface area contributed by atoms with Gasteiger partial charge in [-0.3, -0.25) is 4.99 Å². The molecule has 0 heterocycles. The first kappa shape index (κ1) is 21.4. The number of hydrogen-bond donors (Lipinski definition) is 2. The molecule has 0 saturated heterocycles. The summed E-state index contributed by atoms with van der Waals surface area (Å²) in [4.78, 5) is 4.18. The summed E-state index contributed by atoms with van der Waals surface area (Å²) in [5, 5.41) is 6.36. The highest BCUT2D eigenvalue weighted by atomic mass is 19.1. The molecule has 0 radical (unpaired) electrons. The van der Waals surface area contributed by atoms with E-state index in [0.717, 1.165) is 17.2 Å². The van der Waals surface area contributed by atoms with Gasteiger partial charge in [0.05, 0.1) is 6.04 Å². The summed E-state index contributed by atoms with van der Waals surface area (Å²) in [5.41, 5.74) is 2.55. The fraction of sp³-hybridized carbons (Fsp3) is 0.286. The largest absolute Gasteiger partial charge is 0.352 e. The third-order valence-corrected chi connectivity index (χ3v) is 3.66. The van der Waals surface area contributed by atoms with Gasteiger partial charge in [-0.25, -0.2) is 8.78 Å². The van der Waals surface area contributed by atoms with Crippen molar-refractivity contribution in [2.45, 2.75) is 32.9 Å². The standard InChI is InChI=1S/C21H27F2N3/c1-6-8-16(9-7-2)12-20(15(3)4)26-21(24-5)25-14-17-10-18(22)13-19(23)11-17/h6-11,13,20H,1,3,12,14H2,2,4-5H3,(H2,24,25,26)/b9-7-,16-8+/t20-/m0/s1. The average molecular weight is 359 g/mol. The van der Waals surface area contributed by atoms with Gasteiger partial charge in [-0.05, 0) is 43.5 Å². The third kappa shape index (κ3) is 7.47. The Labute approximate surface area is 154 Å². The Bertz CT molecular complexity index is 698. The molecule has 1 rings (SSSR count). The maximum absolute atomic E-state index is 13.3. The number of rotatable bonds is 8. The van der Waals surface area contributed by atoms with Crippen LogP contribution >= 0.6 is 0 Å². The highest BCUT2D eigenvalue weighted by Gasteiger charge is 2.13. The molecule has 0 bridgehead atoms. The van der Waals surface area contributed by atoms with Gasteiger partial charge in [0.15, 0.2) is 5.96 Å². The van der Waals surface area contributed by atoms with Crippen LogP contribution in [-0.4, -0.2) is 19.0 Å². The SMILES string of the molecule is C=C/C=C(\C=C/C)C[C@H](NC(=NC)NCc1cc(F)cc(F)c1)C(=C)C. The van der Waals surface area contributed by atoms with Crippen molar-refractivity contribution in [1.29, 1.82) is 0 Å². The molecule has 0 unspecified atom stereocenters. The number of aliphatic imine (C=N–C) groups is 1. The Morgan fingerprint density at radius 1 is 1.27 bits per heavy atom. The van der Waals surface area contributed by atoms with Gasteiger partial charge >= 0.3 is 0 Å². The van der Waals surface area contributed by atoms with E-state index < -0.39 is 11.6 Å². The zero-order chi connectivity index (χ0) is 19.5. The molecule has 140 valence electrons. The zero-order valence-electron chi connectivity index (χ0n) is 15.7. The summed E-state index contributed by atoms with van der Waals surface area (Å²) in [6.07, 6.45) is 8.39. The van der Waals surface area contributed by atoms with Crippen LogP contribution in [0.2, 0.25) is 0 Å². The van der Waals surface area contributed by atoms with Crippen molar-refractivity contribution >= 4 is 5.96 Å². The van der Waals surface area contributed by atoms with Crippen molar-refractivity contribution in [2.24, 2.45) is 4.99 Å². The molecule has 0 amide bonds. The van der Waals surface area contributed by atoms with Crippen LogP contribution in [0.4, 0.5) is 8.78 Å². The van der Waals surface area contributed by atoms with Crippen LogP contribution in [0.5, 0.6) is 0 Å². The lowest BCUT2D eigenvalue weighted by Crippen LogP contribution is -2.43. The molecule has 0 aliphatic carbocycles. The van der Waals surface area contributed by atoms with E-state index in [1.165, 1.54) is 12.1 Å². The Morgan fingerprint density at radius 2 is 1.92 bits per heavy atom. The molecule has 0 saturated carbocycles. The van der Waals surface area contributed by atoms with Crippen molar-refractivity contribution in [3.05, 3.63) is 84.0 Å². The van der Waals surface area contributed by atoms with E-state index >= 15 is 0 Å². The van der Waals surface area contributed by atoms with E-state index in [-0.39, 0.29) is 12.6 Å². The first-order chi connectivity index (χ1) is 12.4. The minimum absolute atomic E-state index is 0.0483. The van der Waals surface area contributed by atoms with Gasteiger partial charge in [0.25, 0.3) is 0 Å². The predicted octanol–water partition coefficient (Wildman–Crippen LogP) is 4.65. The quantitative estimate of drug-likeness (QED) is 0.307. The topological polar surface area (TPSA) is 36.4 Å². The van der Waals surface area contributed by atoms with Crippen molar-refractivity contribution < 1.29 is 8.78 Å². The van der Waals surface area contributed by atoms with Gasteiger partial charge in [-0.1, -0.05) is 43.0 Å². The molecule has 0 spiro atoms. The number of halogens is 2. The first-order valence-electron chi connectivity index (χ1n) is 8.41. The second-order valence-electron chi connectivity index (χ2n) is 5.93. The van der Waals surface area contributed by atoms with E-state index in [4.69, 9.17) is 0 Å². The summed E-state index contributed by atoms with van der Waals surface area (Å²) >= 11 is 0. The normalized spacial score (nSPS) is 13.6. The van der Waals surface area contributed by atoms with Crippen molar-refractivity contribution in [3.63, 3.8) is 0 Å². The van der Waals surface area contributed by atoms with Gasteiger partial charge in [-0.15, -0.1) is 0 Å². The van der Waals surface area contributed by atoms with Gasteiger partial charge < -0.3 is 10.6 Å². The van der Waals surface area contributed by atoms with Gasteiger partial charge in [0.1, 0.15) is 11.6 Å². The third-order valence-electron chi connectivity index (χ3n) is 3.66. The number of hydrogen-bond acceptors (Lipinski definition) is 1. The van der Waals surface area contributed by atoms with Crippen molar-refractivity contribution in [3.8, 4) is 0 Å². The summed E-state index contributed by atoms with van der Waals surface area (Å²) in [6.45, 7) is 11.9. The maximum Gasteiger partial charge on any atom is 0.191 e. The molecule has 5 heteroatoms. The summed E-state index contributed by atoms with van der Waals surface area (Å²) in [7, 11) is 1.64. The molecule has 1 aromatic rings. The minimum Gasteiger partial charge on any atom is -0.352 e. The van der Waals surface area contributed by atoms with Crippen molar-refractivity contribution in [1.82, 2.24) is 10.6 Å². The lowest BCUT2D eigenvalue weighted by molar-refractivity contribution is 0.578. The lowest BCUT2D eigenvalue weighted by Gasteiger charge is -2.22. The molecule has 2 N–H and O–H groups in total. The molecule has 0 aromatic heterocycles. The smallest absolute Gasteiger partial charge is 0.191 e. The Hall–Kier alpha value is -2.69. The summed E-state index contributed by atoms with van der Waals surface area (Å²) < 4.78 is 26.6. The zero-order valence-corrected chi connectivity index (χ0v) is 15.7. The monoisotopic (exact) mass is 359 g/mol. The predicted molar refractivity (Wildman–Crippen MR) is 106 cm³/mol. The van der Waals surface area contributed by atoms with Crippen LogP contribution in [0.15, 0.2) is 71.8 Å². The molecule has 1 aromatic carbocycles. The minimum atomic E-state index is -0.602. The fourth-order valence-electron chi connectivity index (χ4n) is 2.40.